The molecule has 3 aromatic carbocycles. The second-order valence-corrected chi connectivity index (χ2v) is 7.82. The second kappa shape index (κ2) is 10.3. The fourth-order valence-corrected chi connectivity index (χ4v) is 3.24. The Bertz CT molecular complexity index is 1080. The quantitative estimate of drug-likeness (QED) is 0.368. The van der Waals surface area contributed by atoms with E-state index in [1.807, 2.05) is 56.3 Å². The Balaban J connectivity index is 1.54. The Morgan fingerprint density at radius 3 is 2.63 bits per heavy atom. The van der Waals surface area contributed by atoms with E-state index < -0.39 is 0 Å². The smallest absolute Gasteiger partial charge is 0.244 e. The number of carbonyl (C=O) groups is 1. The van der Waals surface area contributed by atoms with Crippen molar-refractivity contribution >= 4 is 35.3 Å². The lowest BCUT2D eigenvalue weighted by molar-refractivity contribution is -0.120. The Hall–Kier alpha value is -2.82. The van der Waals surface area contributed by atoms with Crippen molar-refractivity contribution in [2.24, 2.45) is 5.10 Å². The van der Waals surface area contributed by atoms with Crippen LogP contribution in [0, 0.1) is 13.8 Å². The van der Waals surface area contributed by atoms with Gasteiger partial charge in [0.2, 0.25) is 5.91 Å². The number of amides is 1. The van der Waals surface area contributed by atoms with Crippen molar-refractivity contribution < 1.29 is 9.53 Å². The van der Waals surface area contributed by atoms with Crippen LogP contribution in [0.2, 0.25) is 10.0 Å². The van der Waals surface area contributed by atoms with E-state index in [1.165, 1.54) is 5.56 Å². The van der Waals surface area contributed by atoms with Gasteiger partial charge in [0.05, 0.1) is 22.7 Å². The first-order valence-electron chi connectivity index (χ1n) is 9.45. The van der Waals surface area contributed by atoms with Crippen LogP contribution in [-0.4, -0.2) is 12.1 Å². The summed E-state index contributed by atoms with van der Waals surface area (Å²) in [6.07, 6.45) is 1.88. The highest BCUT2D eigenvalue weighted by atomic mass is 35.5. The number of hydrogen-bond acceptors (Lipinski definition) is 3. The first kappa shape index (κ1) is 21.9. The van der Waals surface area contributed by atoms with E-state index in [0.717, 1.165) is 22.3 Å². The number of benzene rings is 3. The van der Waals surface area contributed by atoms with Crippen molar-refractivity contribution in [1.29, 1.82) is 0 Å². The van der Waals surface area contributed by atoms with Gasteiger partial charge in [-0.15, -0.1) is 0 Å². The van der Waals surface area contributed by atoms with E-state index in [4.69, 9.17) is 27.9 Å². The summed E-state index contributed by atoms with van der Waals surface area (Å²) >= 11 is 12.0. The zero-order valence-electron chi connectivity index (χ0n) is 16.8. The van der Waals surface area contributed by atoms with Crippen molar-refractivity contribution in [1.82, 2.24) is 5.43 Å². The van der Waals surface area contributed by atoms with Crippen molar-refractivity contribution in [3.63, 3.8) is 0 Å². The first-order valence-corrected chi connectivity index (χ1v) is 10.2. The van der Waals surface area contributed by atoms with Crippen molar-refractivity contribution in [3.8, 4) is 5.75 Å². The lowest BCUT2D eigenvalue weighted by atomic mass is 10.0. The zero-order valence-corrected chi connectivity index (χ0v) is 18.3. The number of hydrogen-bond donors (Lipinski definition) is 1. The van der Waals surface area contributed by atoms with Crippen LogP contribution in [0.4, 0.5) is 0 Å². The van der Waals surface area contributed by atoms with Gasteiger partial charge in [-0.1, -0.05) is 65.2 Å². The van der Waals surface area contributed by atoms with Crippen LogP contribution in [0.5, 0.6) is 5.75 Å². The molecule has 0 aromatic heterocycles. The third-order valence-electron chi connectivity index (χ3n) is 4.50. The van der Waals surface area contributed by atoms with Crippen LogP contribution in [0.1, 0.15) is 27.8 Å². The maximum absolute atomic E-state index is 12.1. The highest BCUT2D eigenvalue weighted by Gasteiger charge is 2.05. The fraction of sp³-hybridized carbons (Fsp3) is 0.167. The Morgan fingerprint density at radius 1 is 1.03 bits per heavy atom. The number of rotatable bonds is 7. The Kier molecular flexibility index (Phi) is 7.50. The predicted molar refractivity (Wildman–Crippen MR) is 123 cm³/mol. The zero-order chi connectivity index (χ0) is 21.5. The van der Waals surface area contributed by atoms with Crippen LogP contribution in [0.25, 0.3) is 0 Å². The minimum atomic E-state index is -0.162. The summed E-state index contributed by atoms with van der Waals surface area (Å²) in [5.41, 5.74) is 7.57. The highest BCUT2D eigenvalue weighted by Crippen LogP contribution is 2.23. The molecule has 0 saturated carbocycles. The van der Waals surface area contributed by atoms with E-state index in [0.29, 0.717) is 22.4 Å². The van der Waals surface area contributed by atoms with Gasteiger partial charge >= 0.3 is 0 Å². The van der Waals surface area contributed by atoms with Crippen LogP contribution in [-0.2, 0) is 17.8 Å². The molecule has 6 heteroatoms. The van der Waals surface area contributed by atoms with Crippen LogP contribution < -0.4 is 10.2 Å². The molecule has 1 N–H and O–H groups in total. The van der Waals surface area contributed by atoms with Crippen LogP contribution in [0.15, 0.2) is 65.8 Å². The van der Waals surface area contributed by atoms with E-state index in [9.17, 15) is 4.79 Å². The van der Waals surface area contributed by atoms with Gasteiger partial charge in [0.15, 0.2) is 0 Å². The molecule has 0 aliphatic heterocycles. The normalized spacial score (nSPS) is 10.9. The largest absolute Gasteiger partial charge is 0.489 e. The van der Waals surface area contributed by atoms with Gasteiger partial charge in [0.25, 0.3) is 0 Å². The molecular weight excluding hydrogens is 419 g/mol. The molecule has 0 aliphatic carbocycles. The first-order chi connectivity index (χ1) is 14.4. The molecular formula is C24H22Cl2N2O2. The minimum absolute atomic E-state index is 0.162. The maximum atomic E-state index is 12.1. The molecule has 3 rings (SSSR count). The molecule has 4 nitrogen and oxygen atoms in total. The molecule has 0 spiro atoms. The summed E-state index contributed by atoms with van der Waals surface area (Å²) in [6.45, 7) is 4.40. The van der Waals surface area contributed by atoms with Gasteiger partial charge in [-0.25, -0.2) is 5.43 Å². The van der Waals surface area contributed by atoms with Gasteiger partial charge in [-0.2, -0.15) is 5.10 Å². The molecule has 154 valence electrons. The number of halogens is 2. The highest BCUT2D eigenvalue weighted by molar-refractivity contribution is 6.42. The van der Waals surface area contributed by atoms with E-state index in [2.05, 4.69) is 16.6 Å². The van der Waals surface area contributed by atoms with Gasteiger partial charge in [-0.3, -0.25) is 4.79 Å². The number of ether oxygens (including phenoxy) is 1. The third kappa shape index (κ3) is 6.34. The van der Waals surface area contributed by atoms with Gasteiger partial charge in [0.1, 0.15) is 12.4 Å². The average molecular weight is 441 g/mol. The monoisotopic (exact) mass is 440 g/mol. The number of aryl methyl sites for hydroxylation is 2. The third-order valence-corrected chi connectivity index (χ3v) is 5.24. The fourth-order valence-electron chi connectivity index (χ4n) is 2.92. The van der Waals surface area contributed by atoms with Gasteiger partial charge < -0.3 is 4.74 Å². The molecule has 0 atom stereocenters. The second-order valence-electron chi connectivity index (χ2n) is 7.01. The van der Waals surface area contributed by atoms with Gasteiger partial charge in [-0.05, 0) is 60.4 Å². The standard InChI is InChI=1S/C24H22Cl2N2O2/c1-16-6-8-20(17(2)10-16)13-24(29)28-27-14-18-4-3-5-21(11-18)30-15-19-7-9-22(25)23(26)12-19/h3-12,14H,13,15H2,1-2H3,(H,28,29)/b27-14+. The number of nitrogens with zero attached hydrogens (tertiary/aromatic N) is 1. The molecule has 0 fully saturated rings. The molecule has 3 aromatic rings. The summed E-state index contributed by atoms with van der Waals surface area (Å²) in [7, 11) is 0. The molecule has 30 heavy (non-hydrogen) atoms. The summed E-state index contributed by atoms with van der Waals surface area (Å²) in [5, 5.41) is 5.06. The number of nitrogens with one attached hydrogen (secondary N) is 1. The summed E-state index contributed by atoms with van der Waals surface area (Å²) in [6, 6.07) is 18.9. The molecule has 0 unspecified atom stereocenters. The molecule has 0 saturated heterocycles. The van der Waals surface area contributed by atoms with Crippen molar-refractivity contribution in [2.45, 2.75) is 26.9 Å². The molecule has 0 bridgehead atoms. The lowest BCUT2D eigenvalue weighted by Gasteiger charge is -2.08. The van der Waals surface area contributed by atoms with Crippen molar-refractivity contribution in [3.05, 3.63) is 98.5 Å². The molecule has 1 amide bonds. The van der Waals surface area contributed by atoms with Crippen molar-refractivity contribution in [2.75, 3.05) is 0 Å². The summed E-state index contributed by atoms with van der Waals surface area (Å²) < 4.78 is 5.81. The van der Waals surface area contributed by atoms with E-state index in [-0.39, 0.29) is 12.3 Å². The summed E-state index contributed by atoms with van der Waals surface area (Å²) in [4.78, 5) is 12.1. The summed E-state index contributed by atoms with van der Waals surface area (Å²) in [5.74, 6) is 0.525. The van der Waals surface area contributed by atoms with E-state index >= 15 is 0 Å². The lowest BCUT2D eigenvalue weighted by Crippen LogP contribution is -2.20. The van der Waals surface area contributed by atoms with E-state index in [1.54, 1.807) is 18.3 Å². The van der Waals surface area contributed by atoms with Crippen LogP contribution >= 0.6 is 23.2 Å². The van der Waals surface area contributed by atoms with Crippen LogP contribution in [0.3, 0.4) is 0 Å². The Morgan fingerprint density at radius 2 is 1.87 bits per heavy atom. The molecule has 0 heterocycles. The SMILES string of the molecule is Cc1ccc(CC(=O)N/N=C/c2cccc(OCc3ccc(Cl)c(Cl)c3)c2)c(C)c1. The molecule has 0 radical (unpaired) electrons. The molecule has 0 aliphatic rings. The number of hydrazone groups is 1. The van der Waals surface area contributed by atoms with Gasteiger partial charge in [0, 0.05) is 0 Å². The number of carbonyl (C=O) groups excluding carboxylic acids is 1. The maximum Gasteiger partial charge on any atom is 0.244 e. The average Bonchev–Trinajstić information content (AvgIpc) is 2.71. The Labute approximate surface area is 186 Å². The minimum Gasteiger partial charge on any atom is -0.489 e. The topological polar surface area (TPSA) is 50.7 Å². The predicted octanol–water partition coefficient (Wildman–Crippen LogP) is 5.88.